The maximum absolute atomic E-state index is 13.3. The molecule has 9 heteroatoms. The van der Waals surface area contributed by atoms with Crippen molar-refractivity contribution in [3.63, 3.8) is 0 Å². The number of ether oxygens (including phenoxy) is 1. The second-order valence-electron chi connectivity index (χ2n) is 8.97. The van der Waals surface area contributed by atoms with Crippen molar-refractivity contribution in [2.45, 2.75) is 24.2 Å². The zero-order valence-corrected chi connectivity index (χ0v) is 23.6. The van der Waals surface area contributed by atoms with Gasteiger partial charge >= 0.3 is 0 Å². The first kappa shape index (κ1) is 28.5. The van der Waals surface area contributed by atoms with Gasteiger partial charge in [-0.15, -0.1) is 0 Å². The number of halogens is 2. The zero-order valence-electron chi connectivity index (χ0n) is 21.3. The van der Waals surface area contributed by atoms with E-state index < -0.39 is 10.0 Å². The van der Waals surface area contributed by atoms with E-state index in [0.717, 1.165) is 19.3 Å². The number of unbranched alkanes of at least 4 members (excludes halogenated alkanes) is 1. The van der Waals surface area contributed by atoms with Gasteiger partial charge < -0.3 is 9.64 Å². The molecule has 0 saturated heterocycles. The monoisotopic (exact) mass is 582 g/mol. The minimum atomic E-state index is -4.00. The van der Waals surface area contributed by atoms with Gasteiger partial charge in [-0.05, 0) is 79.4 Å². The Kier molecular flexibility index (Phi) is 9.51. The van der Waals surface area contributed by atoms with Crippen LogP contribution in [-0.4, -0.2) is 32.8 Å². The van der Waals surface area contributed by atoms with Crippen LogP contribution in [0.15, 0.2) is 102 Å². The van der Waals surface area contributed by atoms with Crippen LogP contribution in [0.5, 0.6) is 11.5 Å². The second-order valence-corrected chi connectivity index (χ2v) is 11.5. The highest BCUT2D eigenvalue weighted by molar-refractivity contribution is 7.92. The highest BCUT2D eigenvalue weighted by Gasteiger charge is 2.21. The minimum Gasteiger partial charge on any atom is -0.456 e. The topological polar surface area (TPSA) is 75.7 Å². The number of rotatable bonds is 11. The van der Waals surface area contributed by atoms with Crippen LogP contribution in [0, 0.1) is 0 Å². The lowest BCUT2D eigenvalue weighted by molar-refractivity contribution is 0.0794. The molecule has 4 aromatic rings. The summed E-state index contributed by atoms with van der Waals surface area (Å²) in [5, 5.41) is 0.775. The third-order valence-corrected chi connectivity index (χ3v) is 7.98. The summed E-state index contributed by atoms with van der Waals surface area (Å²) in [5.41, 5.74) is 1.58. The Morgan fingerprint density at radius 1 is 0.872 bits per heavy atom. The molecule has 6 nitrogen and oxygen atoms in total. The fraction of sp³-hybridized carbons (Fsp3) is 0.167. The number of carbonyl (C=O) groups excluding carboxylic acids is 1. The van der Waals surface area contributed by atoms with Crippen LogP contribution >= 0.6 is 23.2 Å². The Morgan fingerprint density at radius 3 is 2.28 bits per heavy atom. The fourth-order valence-electron chi connectivity index (χ4n) is 3.96. The number of hydrogen-bond donors (Lipinski definition) is 1. The van der Waals surface area contributed by atoms with Crippen LogP contribution in [0.2, 0.25) is 10.0 Å². The molecule has 1 amide bonds. The van der Waals surface area contributed by atoms with Crippen molar-refractivity contribution in [3.8, 4) is 11.5 Å². The molecule has 4 rings (SSSR count). The number of anilines is 1. The molecule has 0 aliphatic carbocycles. The summed E-state index contributed by atoms with van der Waals surface area (Å²) in [7, 11) is -2.31. The standard InChI is InChI=1S/C30H28Cl2N2O4S/c1-34(20-8-7-11-22-9-3-2-4-10-22)30(35)26-21-23(31)14-19-28(26)33-39(36,37)25-17-15-24(16-18-25)38-29-13-6-5-12-27(29)32/h2-6,9-10,12-19,21,33H,7-8,11,20H2,1H3. The summed E-state index contributed by atoms with van der Waals surface area (Å²) >= 11 is 12.3. The molecule has 1 N–H and O–H groups in total. The lowest BCUT2D eigenvalue weighted by Crippen LogP contribution is -2.29. The van der Waals surface area contributed by atoms with Gasteiger partial charge in [0, 0.05) is 18.6 Å². The number of benzene rings is 4. The number of nitrogens with zero attached hydrogens (tertiary/aromatic N) is 1. The summed E-state index contributed by atoms with van der Waals surface area (Å²) in [6.07, 6.45) is 2.65. The molecule has 0 unspecified atom stereocenters. The summed E-state index contributed by atoms with van der Waals surface area (Å²) < 4.78 is 34.6. The zero-order chi connectivity index (χ0) is 27.8. The predicted molar refractivity (Wildman–Crippen MR) is 157 cm³/mol. The van der Waals surface area contributed by atoms with Crippen LogP contribution in [0.25, 0.3) is 0 Å². The van der Waals surface area contributed by atoms with Crippen molar-refractivity contribution >= 4 is 44.8 Å². The Labute approximate surface area is 239 Å². The van der Waals surface area contributed by atoms with Crippen LogP contribution in [0.4, 0.5) is 5.69 Å². The van der Waals surface area contributed by atoms with Crippen LogP contribution in [0.3, 0.4) is 0 Å². The summed E-state index contributed by atoms with van der Waals surface area (Å²) in [4.78, 5) is 14.8. The smallest absolute Gasteiger partial charge is 0.261 e. The maximum atomic E-state index is 13.3. The van der Waals surface area contributed by atoms with Crippen molar-refractivity contribution in [2.75, 3.05) is 18.3 Å². The third kappa shape index (κ3) is 7.76. The van der Waals surface area contributed by atoms with Crippen molar-refractivity contribution in [1.82, 2.24) is 4.90 Å². The molecule has 202 valence electrons. The maximum Gasteiger partial charge on any atom is 0.261 e. The van der Waals surface area contributed by atoms with Gasteiger partial charge in [0.1, 0.15) is 11.5 Å². The number of nitrogens with one attached hydrogen (secondary N) is 1. The fourth-order valence-corrected chi connectivity index (χ4v) is 5.38. The van der Waals surface area contributed by atoms with Crippen molar-refractivity contribution in [1.29, 1.82) is 0 Å². The molecule has 4 aromatic carbocycles. The molecule has 0 radical (unpaired) electrons. The number of hydrogen-bond acceptors (Lipinski definition) is 4. The van der Waals surface area contributed by atoms with Crippen molar-refractivity contribution in [3.05, 3.63) is 118 Å². The second kappa shape index (κ2) is 13.0. The summed E-state index contributed by atoms with van der Waals surface area (Å²) in [6.45, 7) is 0.525. The lowest BCUT2D eigenvalue weighted by Gasteiger charge is -2.20. The van der Waals surface area contributed by atoms with E-state index in [9.17, 15) is 13.2 Å². The van der Waals surface area contributed by atoms with Crippen molar-refractivity contribution < 1.29 is 17.9 Å². The van der Waals surface area contributed by atoms with Gasteiger partial charge in [-0.3, -0.25) is 9.52 Å². The molecule has 0 aliphatic rings. The lowest BCUT2D eigenvalue weighted by atomic mass is 10.1. The number of aryl methyl sites for hydroxylation is 1. The molecule has 0 atom stereocenters. The van der Waals surface area contributed by atoms with E-state index in [2.05, 4.69) is 16.9 Å². The first-order valence-corrected chi connectivity index (χ1v) is 14.6. The average molecular weight is 584 g/mol. The molecule has 0 fully saturated rings. The molecule has 0 aromatic heterocycles. The van der Waals surface area contributed by atoms with Crippen molar-refractivity contribution in [2.24, 2.45) is 0 Å². The summed E-state index contributed by atoms with van der Waals surface area (Å²) in [5.74, 6) is 0.568. The molecule has 0 heterocycles. The molecule has 0 saturated carbocycles. The molecular formula is C30H28Cl2N2O4S. The summed E-state index contributed by atoms with van der Waals surface area (Å²) in [6, 6.07) is 27.6. The van der Waals surface area contributed by atoms with E-state index in [1.165, 1.54) is 48.0 Å². The molecule has 0 spiro atoms. The Hall–Kier alpha value is -3.52. The van der Waals surface area contributed by atoms with E-state index >= 15 is 0 Å². The minimum absolute atomic E-state index is 0.0108. The van der Waals surface area contributed by atoms with E-state index in [0.29, 0.717) is 28.1 Å². The molecular weight excluding hydrogens is 555 g/mol. The van der Waals surface area contributed by atoms with Crippen LogP contribution < -0.4 is 9.46 Å². The molecule has 39 heavy (non-hydrogen) atoms. The highest BCUT2D eigenvalue weighted by Crippen LogP contribution is 2.30. The van der Waals surface area contributed by atoms with Gasteiger partial charge in [0.05, 0.1) is 21.2 Å². The van der Waals surface area contributed by atoms with E-state index in [1.807, 2.05) is 18.2 Å². The van der Waals surface area contributed by atoms with Gasteiger partial charge in [-0.25, -0.2) is 8.42 Å². The normalized spacial score (nSPS) is 11.2. The number of para-hydroxylation sites is 1. The Morgan fingerprint density at radius 2 is 1.56 bits per heavy atom. The van der Waals surface area contributed by atoms with E-state index in [4.69, 9.17) is 27.9 Å². The number of amides is 1. The highest BCUT2D eigenvalue weighted by atomic mass is 35.5. The van der Waals surface area contributed by atoms with Gasteiger partial charge in [-0.2, -0.15) is 0 Å². The number of sulfonamides is 1. The SMILES string of the molecule is CN(CCCCc1ccccc1)C(=O)c1cc(Cl)ccc1NS(=O)(=O)c1ccc(Oc2ccccc2Cl)cc1. The average Bonchev–Trinajstić information content (AvgIpc) is 2.93. The molecule has 0 aliphatic heterocycles. The Bertz CT molecular complexity index is 1530. The van der Waals surface area contributed by atoms with Crippen LogP contribution in [-0.2, 0) is 16.4 Å². The van der Waals surface area contributed by atoms with Gasteiger partial charge in [0.15, 0.2) is 0 Å². The quantitative estimate of drug-likeness (QED) is 0.184. The largest absolute Gasteiger partial charge is 0.456 e. The third-order valence-electron chi connectivity index (χ3n) is 6.05. The molecule has 0 bridgehead atoms. The van der Waals surface area contributed by atoms with E-state index in [-0.39, 0.29) is 22.1 Å². The number of carbonyl (C=O) groups is 1. The predicted octanol–water partition coefficient (Wildman–Crippen LogP) is 7.68. The van der Waals surface area contributed by atoms with Crippen LogP contribution in [0.1, 0.15) is 28.8 Å². The van der Waals surface area contributed by atoms with Gasteiger partial charge in [-0.1, -0.05) is 65.7 Å². The van der Waals surface area contributed by atoms with Gasteiger partial charge in [0.25, 0.3) is 15.9 Å². The van der Waals surface area contributed by atoms with Gasteiger partial charge in [0.2, 0.25) is 0 Å². The van der Waals surface area contributed by atoms with E-state index in [1.54, 1.807) is 36.2 Å². The first-order valence-electron chi connectivity index (χ1n) is 12.4. The first-order chi connectivity index (χ1) is 18.7. The Balaban J connectivity index is 1.42.